The van der Waals surface area contributed by atoms with Crippen LogP contribution in [0.25, 0.3) is 6.08 Å². The van der Waals surface area contributed by atoms with Crippen LogP contribution in [-0.4, -0.2) is 51.1 Å². The number of amides is 2. The third-order valence-corrected chi connectivity index (χ3v) is 6.15. The SMILES string of the molecule is Cn1c(C2CCN(C(=O)C=Cc3ccc(N4CCCC4=O)cc3)CC2)n[nH]c1=S. The number of nitrogens with zero attached hydrogens (tertiary/aromatic N) is 4. The zero-order valence-corrected chi connectivity index (χ0v) is 17.3. The summed E-state index contributed by atoms with van der Waals surface area (Å²) in [6.07, 6.45) is 6.77. The largest absolute Gasteiger partial charge is 0.339 e. The van der Waals surface area contributed by atoms with E-state index >= 15 is 0 Å². The van der Waals surface area contributed by atoms with Gasteiger partial charge in [-0.2, -0.15) is 5.10 Å². The van der Waals surface area contributed by atoms with Crippen LogP contribution in [-0.2, 0) is 16.6 Å². The number of nitrogens with one attached hydrogen (secondary N) is 1. The van der Waals surface area contributed by atoms with Crippen molar-refractivity contribution in [1.29, 1.82) is 0 Å². The molecule has 2 aliphatic rings. The molecule has 8 heteroatoms. The van der Waals surface area contributed by atoms with Gasteiger partial charge in [0.1, 0.15) is 5.82 Å². The Morgan fingerprint density at radius 2 is 1.93 bits per heavy atom. The maximum atomic E-state index is 12.5. The molecule has 3 heterocycles. The second kappa shape index (κ2) is 8.32. The van der Waals surface area contributed by atoms with E-state index in [0.29, 0.717) is 30.2 Å². The molecule has 0 atom stereocenters. The molecule has 0 spiro atoms. The Kier molecular flexibility index (Phi) is 5.62. The molecule has 4 rings (SSSR count). The summed E-state index contributed by atoms with van der Waals surface area (Å²) in [5.41, 5.74) is 1.87. The number of hydrogen-bond acceptors (Lipinski definition) is 4. The first-order valence-electron chi connectivity index (χ1n) is 10.0. The van der Waals surface area contributed by atoms with Crippen LogP contribution in [0.4, 0.5) is 5.69 Å². The van der Waals surface area contributed by atoms with Gasteiger partial charge in [0.15, 0.2) is 4.77 Å². The van der Waals surface area contributed by atoms with E-state index in [2.05, 4.69) is 10.2 Å². The number of carbonyl (C=O) groups excluding carboxylic acids is 2. The Labute approximate surface area is 175 Å². The lowest BCUT2D eigenvalue weighted by Crippen LogP contribution is -2.37. The molecule has 2 aromatic rings. The van der Waals surface area contributed by atoms with Crippen molar-refractivity contribution in [2.75, 3.05) is 24.5 Å². The van der Waals surface area contributed by atoms with Crippen LogP contribution < -0.4 is 4.90 Å². The number of likely N-dealkylation sites (tertiary alicyclic amines) is 1. The van der Waals surface area contributed by atoms with Gasteiger partial charge >= 0.3 is 0 Å². The van der Waals surface area contributed by atoms with Crippen LogP contribution in [0.15, 0.2) is 30.3 Å². The number of H-pyrrole nitrogens is 1. The van der Waals surface area contributed by atoms with Gasteiger partial charge in [-0.15, -0.1) is 0 Å². The minimum atomic E-state index is 0.0256. The highest BCUT2D eigenvalue weighted by Crippen LogP contribution is 2.26. The van der Waals surface area contributed by atoms with E-state index in [-0.39, 0.29) is 11.8 Å². The fourth-order valence-corrected chi connectivity index (χ4v) is 4.18. The van der Waals surface area contributed by atoms with Crippen LogP contribution in [0.1, 0.15) is 43.0 Å². The van der Waals surface area contributed by atoms with Gasteiger partial charge in [-0.3, -0.25) is 14.7 Å². The number of hydrogen-bond donors (Lipinski definition) is 1. The van der Waals surface area contributed by atoms with Crippen molar-refractivity contribution in [2.24, 2.45) is 7.05 Å². The van der Waals surface area contributed by atoms with Crippen molar-refractivity contribution < 1.29 is 9.59 Å². The van der Waals surface area contributed by atoms with E-state index < -0.39 is 0 Å². The van der Waals surface area contributed by atoms with Gasteiger partial charge in [0.05, 0.1) is 0 Å². The summed E-state index contributed by atoms with van der Waals surface area (Å²) in [5.74, 6) is 1.49. The molecule has 1 N–H and O–H groups in total. The molecule has 0 saturated carbocycles. The van der Waals surface area contributed by atoms with Crippen LogP contribution in [0.2, 0.25) is 0 Å². The average Bonchev–Trinajstić information content (AvgIpc) is 3.32. The quantitative estimate of drug-likeness (QED) is 0.620. The number of benzene rings is 1. The lowest BCUT2D eigenvalue weighted by Gasteiger charge is -2.30. The summed E-state index contributed by atoms with van der Waals surface area (Å²) in [6.45, 7) is 2.21. The lowest BCUT2D eigenvalue weighted by molar-refractivity contribution is -0.127. The van der Waals surface area contributed by atoms with Crippen LogP contribution in [0.3, 0.4) is 0 Å². The number of rotatable bonds is 4. The Balaban J connectivity index is 1.32. The van der Waals surface area contributed by atoms with Crippen molar-refractivity contribution in [3.8, 4) is 0 Å². The van der Waals surface area contributed by atoms with Crippen LogP contribution in [0.5, 0.6) is 0 Å². The Bertz CT molecular complexity index is 983. The topological polar surface area (TPSA) is 74.2 Å². The molecule has 2 aliphatic heterocycles. The molecule has 0 bridgehead atoms. The van der Waals surface area contributed by atoms with Crippen LogP contribution >= 0.6 is 12.2 Å². The third-order valence-electron chi connectivity index (χ3n) is 5.78. The highest BCUT2D eigenvalue weighted by molar-refractivity contribution is 7.71. The van der Waals surface area contributed by atoms with E-state index in [1.54, 1.807) is 6.08 Å². The monoisotopic (exact) mass is 411 g/mol. The predicted molar refractivity (Wildman–Crippen MR) is 114 cm³/mol. The van der Waals surface area contributed by atoms with Gasteiger partial charge in [0.25, 0.3) is 0 Å². The molecule has 1 aromatic heterocycles. The smallest absolute Gasteiger partial charge is 0.246 e. The molecule has 2 fully saturated rings. The highest BCUT2D eigenvalue weighted by atomic mass is 32.1. The van der Waals surface area contributed by atoms with Gasteiger partial charge in [-0.05, 0) is 55.3 Å². The Morgan fingerprint density at radius 3 is 2.52 bits per heavy atom. The van der Waals surface area contributed by atoms with E-state index in [4.69, 9.17) is 12.2 Å². The first-order valence-corrected chi connectivity index (χ1v) is 10.4. The standard InChI is InChI=1S/C21H25N5O2S/c1-24-20(22-23-21(24)29)16-10-13-25(14-11-16)18(27)9-6-15-4-7-17(8-5-15)26-12-2-3-19(26)28/h4-9,16H,2-3,10-14H2,1H3,(H,23,29). The van der Waals surface area contributed by atoms with Crippen molar-refractivity contribution in [3.05, 3.63) is 46.5 Å². The summed E-state index contributed by atoms with van der Waals surface area (Å²) in [6, 6.07) is 7.77. The number of carbonyl (C=O) groups is 2. The lowest BCUT2D eigenvalue weighted by atomic mass is 9.96. The normalized spacial score (nSPS) is 18.2. The molecule has 152 valence electrons. The summed E-state index contributed by atoms with van der Waals surface area (Å²) in [5, 5.41) is 7.16. The maximum Gasteiger partial charge on any atom is 0.246 e. The van der Waals surface area contributed by atoms with E-state index in [1.165, 1.54) is 0 Å². The Morgan fingerprint density at radius 1 is 1.21 bits per heavy atom. The zero-order chi connectivity index (χ0) is 20.4. The van der Waals surface area contributed by atoms with E-state index in [0.717, 1.165) is 42.9 Å². The molecule has 2 saturated heterocycles. The minimum absolute atomic E-state index is 0.0256. The van der Waals surface area contributed by atoms with Crippen molar-refractivity contribution >= 4 is 35.8 Å². The molecular weight excluding hydrogens is 386 g/mol. The molecule has 2 amide bonds. The van der Waals surface area contributed by atoms with Crippen molar-refractivity contribution in [1.82, 2.24) is 19.7 Å². The fourth-order valence-electron chi connectivity index (χ4n) is 4.04. The van der Waals surface area contributed by atoms with Gasteiger partial charge in [-0.1, -0.05) is 12.1 Å². The second-order valence-corrected chi connectivity index (χ2v) is 8.01. The predicted octanol–water partition coefficient (Wildman–Crippen LogP) is 3.02. The maximum absolute atomic E-state index is 12.5. The van der Waals surface area contributed by atoms with Gasteiger partial charge in [-0.25, -0.2) is 0 Å². The van der Waals surface area contributed by atoms with E-state index in [9.17, 15) is 9.59 Å². The first kappa shape index (κ1) is 19.6. The summed E-state index contributed by atoms with van der Waals surface area (Å²) in [4.78, 5) is 28.1. The molecule has 1 aromatic carbocycles. The molecule has 7 nitrogen and oxygen atoms in total. The van der Waals surface area contributed by atoms with Gasteiger partial charge in [0, 0.05) is 50.8 Å². The second-order valence-electron chi connectivity index (χ2n) is 7.62. The van der Waals surface area contributed by atoms with Crippen LogP contribution in [0, 0.1) is 4.77 Å². The van der Waals surface area contributed by atoms with Crippen molar-refractivity contribution in [2.45, 2.75) is 31.6 Å². The fraction of sp³-hybridized carbons (Fsp3) is 0.429. The average molecular weight is 412 g/mol. The minimum Gasteiger partial charge on any atom is -0.339 e. The number of aromatic nitrogens is 3. The highest BCUT2D eigenvalue weighted by Gasteiger charge is 2.25. The van der Waals surface area contributed by atoms with Gasteiger partial charge in [0.2, 0.25) is 11.8 Å². The van der Waals surface area contributed by atoms with E-state index in [1.807, 2.05) is 51.8 Å². The third kappa shape index (κ3) is 4.17. The molecule has 0 aliphatic carbocycles. The van der Waals surface area contributed by atoms with Gasteiger partial charge < -0.3 is 14.4 Å². The number of aromatic amines is 1. The number of anilines is 1. The molecule has 0 radical (unpaired) electrons. The molecular formula is C21H25N5O2S. The molecule has 29 heavy (non-hydrogen) atoms. The molecule has 0 unspecified atom stereocenters. The van der Waals surface area contributed by atoms with Crippen molar-refractivity contribution in [3.63, 3.8) is 0 Å². The first-order chi connectivity index (χ1) is 14.0. The zero-order valence-electron chi connectivity index (χ0n) is 16.5. The summed E-state index contributed by atoms with van der Waals surface area (Å²) < 4.78 is 2.54. The summed E-state index contributed by atoms with van der Waals surface area (Å²) >= 11 is 5.19. The number of piperidine rings is 1. The Hall–Kier alpha value is -2.74. The summed E-state index contributed by atoms with van der Waals surface area (Å²) in [7, 11) is 1.92.